The lowest BCUT2D eigenvalue weighted by molar-refractivity contribution is -0.119. The maximum Gasteiger partial charge on any atom is 0.264 e. The van der Waals surface area contributed by atoms with Gasteiger partial charge in [-0.05, 0) is 43.3 Å². The molecule has 0 aliphatic carbocycles. The van der Waals surface area contributed by atoms with Crippen molar-refractivity contribution < 1.29 is 27.1 Å². The Balaban J connectivity index is 1.74. The molecular weight excluding hydrogens is 476 g/mol. The second-order valence-electron chi connectivity index (χ2n) is 7.35. The highest BCUT2D eigenvalue weighted by atomic mass is 32.2. The van der Waals surface area contributed by atoms with Crippen LogP contribution in [0.4, 0.5) is 5.69 Å². The van der Waals surface area contributed by atoms with Crippen LogP contribution in [0.3, 0.4) is 0 Å². The van der Waals surface area contributed by atoms with Gasteiger partial charge < -0.3 is 19.2 Å². The van der Waals surface area contributed by atoms with Crippen LogP contribution >= 0.6 is 11.8 Å². The number of methoxy groups -OCH3 is 2. The number of benzene rings is 2. The number of aryl methyl sites for hydroxylation is 1. The number of thioether (sulfide) groups is 1. The fraction of sp³-hybridized carbons (Fsp3) is 0.292. The third-order valence-corrected chi connectivity index (χ3v) is 7.70. The molecule has 8 nitrogen and oxygen atoms in total. The van der Waals surface area contributed by atoms with Crippen molar-refractivity contribution in [3.8, 4) is 11.5 Å². The molecule has 10 heteroatoms. The number of nitrogens with zero attached hydrogens (tertiary/aromatic N) is 1. The van der Waals surface area contributed by atoms with Gasteiger partial charge >= 0.3 is 0 Å². The number of ether oxygens (including phenoxy) is 2. The standard InChI is InChI=1S/C24H28N2O6S2/c1-18-6-8-19(9-7-18)26(16-24(27)25-12-14-33-17-20-5-4-13-32-20)34(28,29)21-10-11-22(30-2)23(15-21)31-3/h4-11,13,15H,12,14,16-17H2,1-3H3,(H,25,27). The Morgan fingerprint density at radius 1 is 1.06 bits per heavy atom. The van der Waals surface area contributed by atoms with Crippen molar-refractivity contribution in [3.63, 3.8) is 0 Å². The molecule has 1 amide bonds. The van der Waals surface area contributed by atoms with Crippen LogP contribution in [0.2, 0.25) is 0 Å². The van der Waals surface area contributed by atoms with Gasteiger partial charge in [0.15, 0.2) is 11.5 Å². The Labute approximate surface area is 204 Å². The summed E-state index contributed by atoms with van der Waals surface area (Å²) in [4.78, 5) is 12.7. The van der Waals surface area contributed by atoms with Crippen LogP contribution in [0.15, 0.2) is 70.2 Å². The number of carbonyl (C=O) groups is 1. The fourth-order valence-corrected chi connectivity index (χ4v) is 5.34. The molecule has 0 aliphatic heterocycles. The summed E-state index contributed by atoms with van der Waals surface area (Å²) >= 11 is 1.61. The monoisotopic (exact) mass is 504 g/mol. The average molecular weight is 505 g/mol. The Morgan fingerprint density at radius 3 is 2.44 bits per heavy atom. The van der Waals surface area contributed by atoms with Crippen LogP contribution < -0.4 is 19.1 Å². The second-order valence-corrected chi connectivity index (χ2v) is 10.3. The predicted octanol–water partition coefficient (Wildman–Crippen LogP) is 3.85. The normalized spacial score (nSPS) is 11.1. The van der Waals surface area contributed by atoms with E-state index in [1.807, 2.05) is 19.1 Å². The number of sulfonamides is 1. The van der Waals surface area contributed by atoms with E-state index in [1.165, 1.54) is 32.4 Å². The summed E-state index contributed by atoms with van der Waals surface area (Å²) in [6, 6.07) is 15.0. The van der Waals surface area contributed by atoms with E-state index >= 15 is 0 Å². The molecule has 182 valence electrons. The molecule has 0 aliphatic rings. The summed E-state index contributed by atoms with van der Waals surface area (Å²) in [6.07, 6.45) is 1.62. The van der Waals surface area contributed by atoms with Gasteiger partial charge in [0, 0.05) is 18.4 Å². The first-order chi connectivity index (χ1) is 16.3. The molecule has 1 aromatic heterocycles. The molecule has 1 N–H and O–H groups in total. The van der Waals surface area contributed by atoms with Crippen molar-refractivity contribution in [3.05, 3.63) is 72.2 Å². The number of anilines is 1. The van der Waals surface area contributed by atoms with Crippen molar-refractivity contribution in [2.24, 2.45) is 0 Å². The Morgan fingerprint density at radius 2 is 1.79 bits per heavy atom. The van der Waals surface area contributed by atoms with E-state index in [0.29, 0.717) is 29.5 Å². The van der Waals surface area contributed by atoms with Crippen molar-refractivity contribution in [1.82, 2.24) is 5.32 Å². The molecular formula is C24H28N2O6S2. The van der Waals surface area contributed by atoms with Gasteiger partial charge in [-0.25, -0.2) is 8.42 Å². The summed E-state index contributed by atoms with van der Waals surface area (Å²) in [6.45, 7) is 1.95. The van der Waals surface area contributed by atoms with Crippen LogP contribution in [0, 0.1) is 6.92 Å². The summed E-state index contributed by atoms with van der Waals surface area (Å²) in [5, 5.41) is 2.80. The zero-order chi connectivity index (χ0) is 24.6. The first-order valence-corrected chi connectivity index (χ1v) is 13.1. The van der Waals surface area contributed by atoms with Gasteiger partial charge in [0.1, 0.15) is 12.3 Å². The molecule has 0 saturated heterocycles. The van der Waals surface area contributed by atoms with Gasteiger partial charge in [-0.15, -0.1) is 0 Å². The first-order valence-electron chi connectivity index (χ1n) is 10.5. The molecule has 0 radical (unpaired) electrons. The smallest absolute Gasteiger partial charge is 0.264 e. The topological polar surface area (TPSA) is 98.1 Å². The van der Waals surface area contributed by atoms with Gasteiger partial charge in [0.2, 0.25) is 5.91 Å². The van der Waals surface area contributed by atoms with Crippen LogP contribution in [-0.4, -0.2) is 47.4 Å². The molecule has 0 fully saturated rings. The largest absolute Gasteiger partial charge is 0.493 e. The summed E-state index contributed by atoms with van der Waals surface area (Å²) in [5.74, 6) is 2.52. The van der Waals surface area contributed by atoms with Gasteiger partial charge in [-0.1, -0.05) is 17.7 Å². The molecule has 0 saturated carbocycles. The van der Waals surface area contributed by atoms with E-state index in [2.05, 4.69) is 5.32 Å². The van der Waals surface area contributed by atoms with Gasteiger partial charge in [0.25, 0.3) is 10.0 Å². The number of furan rings is 1. The predicted molar refractivity (Wildman–Crippen MR) is 133 cm³/mol. The Hall–Kier alpha value is -3.11. The summed E-state index contributed by atoms with van der Waals surface area (Å²) in [7, 11) is -1.16. The minimum absolute atomic E-state index is 0.00692. The van der Waals surface area contributed by atoms with E-state index in [4.69, 9.17) is 13.9 Å². The molecule has 3 rings (SSSR count). The minimum atomic E-state index is -4.07. The third kappa shape index (κ3) is 6.48. The molecule has 0 bridgehead atoms. The van der Waals surface area contributed by atoms with Crippen molar-refractivity contribution >= 4 is 33.4 Å². The quantitative estimate of drug-likeness (QED) is 0.374. The minimum Gasteiger partial charge on any atom is -0.493 e. The SMILES string of the molecule is COc1ccc(S(=O)(=O)N(CC(=O)NCCSCc2ccco2)c2ccc(C)cc2)cc1OC. The molecule has 3 aromatic rings. The fourth-order valence-electron chi connectivity index (χ4n) is 3.15. The third-order valence-electron chi connectivity index (χ3n) is 4.95. The molecule has 2 aromatic carbocycles. The van der Waals surface area contributed by atoms with E-state index in [9.17, 15) is 13.2 Å². The molecule has 0 atom stereocenters. The molecule has 34 heavy (non-hydrogen) atoms. The lowest BCUT2D eigenvalue weighted by atomic mass is 10.2. The number of rotatable bonds is 12. The first kappa shape index (κ1) is 25.5. The zero-order valence-corrected chi connectivity index (χ0v) is 20.9. The summed E-state index contributed by atoms with van der Waals surface area (Å²) < 4.78 is 44.0. The maximum absolute atomic E-state index is 13.6. The highest BCUT2D eigenvalue weighted by Crippen LogP contribution is 2.32. The van der Waals surface area contributed by atoms with E-state index in [1.54, 1.807) is 42.3 Å². The van der Waals surface area contributed by atoms with E-state index < -0.39 is 15.9 Å². The van der Waals surface area contributed by atoms with Crippen LogP contribution in [0.1, 0.15) is 11.3 Å². The van der Waals surface area contributed by atoms with Gasteiger partial charge in [-0.2, -0.15) is 11.8 Å². The number of amides is 1. The van der Waals surface area contributed by atoms with E-state index in [-0.39, 0.29) is 17.2 Å². The highest BCUT2D eigenvalue weighted by molar-refractivity contribution is 7.98. The van der Waals surface area contributed by atoms with Crippen LogP contribution in [-0.2, 0) is 20.6 Å². The second kappa shape index (κ2) is 11.8. The maximum atomic E-state index is 13.6. The molecule has 0 unspecified atom stereocenters. The Bertz CT molecular complexity index is 1180. The lowest BCUT2D eigenvalue weighted by Gasteiger charge is -2.24. The number of carbonyl (C=O) groups excluding carboxylic acids is 1. The van der Waals surface area contributed by atoms with Gasteiger partial charge in [-0.3, -0.25) is 9.10 Å². The number of hydrogen-bond donors (Lipinski definition) is 1. The number of nitrogens with one attached hydrogen (secondary N) is 1. The van der Waals surface area contributed by atoms with Crippen LogP contribution in [0.5, 0.6) is 11.5 Å². The zero-order valence-electron chi connectivity index (χ0n) is 19.3. The average Bonchev–Trinajstić information content (AvgIpc) is 3.36. The lowest BCUT2D eigenvalue weighted by Crippen LogP contribution is -2.41. The highest BCUT2D eigenvalue weighted by Gasteiger charge is 2.28. The Kier molecular flexibility index (Phi) is 8.89. The van der Waals surface area contributed by atoms with Crippen molar-refractivity contribution in [1.29, 1.82) is 0 Å². The van der Waals surface area contributed by atoms with Crippen molar-refractivity contribution in [2.75, 3.05) is 37.4 Å². The summed E-state index contributed by atoms with van der Waals surface area (Å²) in [5.41, 5.74) is 1.37. The number of hydrogen-bond acceptors (Lipinski definition) is 7. The van der Waals surface area contributed by atoms with Gasteiger partial charge in [0.05, 0.1) is 36.8 Å². The van der Waals surface area contributed by atoms with Crippen LogP contribution in [0.25, 0.3) is 0 Å². The molecule has 0 spiro atoms. The van der Waals surface area contributed by atoms with E-state index in [0.717, 1.165) is 15.6 Å². The molecule has 1 heterocycles. The van der Waals surface area contributed by atoms with Crippen molar-refractivity contribution in [2.45, 2.75) is 17.6 Å².